The quantitative estimate of drug-likeness (QED) is 0.324. The van der Waals surface area contributed by atoms with E-state index in [1.54, 1.807) is 4.90 Å². The van der Waals surface area contributed by atoms with Gasteiger partial charge in [-0.05, 0) is 62.1 Å². The van der Waals surface area contributed by atoms with Gasteiger partial charge in [0.2, 0.25) is 11.8 Å². The summed E-state index contributed by atoms with van der Waals surface area (Å²) in [5, 5.41) is 3.74. The van der Waals surface area contributed by atoms with Gasteiger partial charge in [0.15, 0.2) is 0 Å². The van der Waals surface area contributed by atoms with Gasteiger partial charge in [-0.25, -0.2) is 0 Å². The molecule has 1 N–H and O–H groups in total. The molecule has 0 aliphatic carbocycles. The second-order valence-corrected chi connectivity index (χ2v) is 11.0. The van der Waals surface area contributed by atoms with Gasteiger partial charge in [0, 0.05) is 34.4 Å². The third kappa shape index (κ3) is 8.52. The number of carbonyl (C=O) groups excluding carboxylic acids is 2. The topological polar surface area (TPSA) is 49.4 Å². The minimum atomic E-state index is -0.658. The number of nitrogens with one attached hydrogen (secondary N) is 1. The summed E-state index contributed by atoms with van der Waals surface area (Å²) in [5.74, 6) is -0.252. The summed E-state index contributed by atoms with van der Waals surface area (Å²) in [6.07, 6.45) is 1.19. The molecule has 0 saturated carbocycles. The Labute approximate surface area is 221 Å². The second kappa shape index (κ2) is 12.4. The Balaban J connectivity index is 1.94. The molecule has 184 valence electrons. The van der Waals surface area contributed by atoms with E-state index >= 15 is 0 Å². The first-order valence-electron chi connectivity index (χ1n) is 11.8. The number of benzene rings is 3. The monoisotopic (exact) mass is 554 g/mol. The molecule has 3 aromatic rings. The molecule has 0 aliphatic heterocycles. The van der Waals surface area contributed by atoms with Crippen LogP contribution in [0.1, 0.15) is 43.9 Å². The lowest BCUT2D eigenvalue weighted by atomic mass is 10.00. The van der Waals surface area contributed by atoms with Gasteiger partial charge >= 0.3 is 0 Å². The molecule has 3 aromatic carbocycles. The molecule has 2 amide bonds. The SMILES string of the molecule is CC(C)(C)NC(=O)[C@@H](Cc1ccccc1)N(Cc1cccc(Br)c1)C(=O)CCc1ccccc1Cl. The first-order valence-corrected chi connectivity index (χ1v) is 12.9. The molecule has 0 bridgehead atoms. The standard InChI is InChI=1S/C29H32BrClN2O2/c1-29(2,3)32-28(35)26(19-21-10-5-4-6-11-21)33(20-22-12-9-14-24(30)18-22)27(34)17-16-23-13-7-8-15-25(23)31/h4-15,18,26H,16-17,19-20H2,1-3H3,(H,32,35)/t26-/m1/s1. The Morgan fingerprint density at radius 3 is 2.26 bits per heavy atom. The zero-order valence-corrected chi connectivity index (χ0v) is 22.8. The highest BCUT2D eigenvalue weighted by atomic mass is 79.9. The lowest BCUT2D eigenvalue weighted by molar-refractivity contribution is -0.141. The van der Waals surface area contributed by atoms with Gasteiger partial charge in [-0.2, -0.15) is 0 Å². The Bertz CT molecular complexity index is 1140. The first kappa shape index (κ1) is 27.0. The highest BCUT2D eigenvalue weighted by Gasteiger charge is 2.32. The molecule has 0 spiro atoms. The van der Waals surface area contributed by atoms with E-state index in [0.29, 0.717) is 24.4 Å². The van der Waals surface area contributed by atoms with Crippen molar-refractivity contribution in [2.45, 2.75) is 58.2 Å². The smallest absolute Gasteiger partial charge is 0.243 e. The highest BCUT2D eigenvalue weighted by molar-refractivity contribution is 9.10. The van der Waals surface area contributed by atoms with Gasteiger partial charge in [0.25, 0.3) is 0 Å². The number of amides is 2. The summed E-state index contributed by atoms with van der Waals surface area (Å²) in [6, 6.07) is 24.6. The van der Waals surface area contributed by atoms with Gasteiger partial charge in [0.05, 0.1) is 0 Å². The number of hydrogen-bond donors (Lipinski definition) is 1. The third-order valence-corrected chi connectivity index (χ3v) is 6.44. The van der Waals surface area contributed by atoms with Crippen LogP contribution in [0.15, 0.2) is 83.3 Å². The molecule has 0 radical (unpaired) electrons. The van der Waals surface area contributed by atoms with E-state index in [1.807, 2.05) is 99.6 Å². The third-order valence-electron chi connectivity index (χ3n) is 5.58. The van der Waals surface area contributed by atoms with Crippen molar-refractivity contribution in [3.8, 4) is 0 Å². The van der Waals surface area contributed by atoms with E-state index < -0.39 is 11.6 Å². The molecule has 0 aliphatic rings. The van der Waals surface area contributed by atoms with E-state index in [1.165, 1.54) is 0 Å². The Kier molecular flexibility index (Phi) is 9.53. The van der Waals surface area contributed by atoms with Crippen LogP contribution < -0.4 is 5.32 Å². The van der Waals surface area contributed by atoms with Crippen molar-refractivity contribution in [2.24, 2.45) is 0 Å². The number of halogens is 2. The molecule has 35 heavy (non-hydrogen) atoms. The molecular formula is C29H32BrClN2O2. The lowest BCUT2D eigenvalue weighted by Crippen LogP contribution is -2.54. The molecule has 0 heterocycles. The lowest BCUT2D eigenvalue weighted by Gasteiger charge is -2.34. The van der Waals surface area contributed by atoms with E-state index in [0.717, 1.165) is 21.2 Å². The van der Waals surface area contributed by atoms with Crippen molar-refractivity contribution in [2.75, 3.05) is 0 Å². The predicted molar refractivity (Wildman–Crippen MR) is 146 cm³/mol. The van der Waals surface area contributed by atoms with Crippen molar-refractivity contribution in [1.29, 1.82) is 0 Å². The Morgan fingerprint density at radius 2 is 1.60 bits per heavy atom. The van der Waals surface area contributed by atoms with Gasteiger partial charge in [0.1, 0.15) is 6.04 Å². The summed E-state index contributed by atoms with van der Waals surface area (Å²) < 4.78 is 0.928. The number of aryl methyl sites for hydroxylation is 1. The van der Waals surface area contributed by atoms with Crippen molar-refractivity contribution in [3.05, 3.63) is 105 Å². The molecule has 0 saturated heterocycles. The van der Waals surface area contributed by atoms with Crippen LogP contribution in [0.4, 0.5) is 0 Å². The Morgan fingerprint density at radius 1 is 0.943 bits per heavy atom. The summed E-state index contributed by atoms with van der Waals surface area (Å²) in [5.41, 5.74) is 2.45. The average Bonchev–Trinajstić information content (AvgIpc) is 2.80. The molecule has 0 fully saturated rings. The van der Waals surface area contributed by atoms with E-state index in [9.17, 15) is 9.59 Å². The molecule has 0 unspecified atom stereocenters. The van der Waals surface area contributed by atoms with Gasteiger partial charge in [-0.1, -0.05) is 88.2 Å². The number of carbonyl (C=O) groups is 2. The van der Waals surface area contributed by atoms with Crippen LogP contribution >= 0.6 is 27.5 Å². The van der Waals surface area contributed by atoms with Crippen LogP contribution in [0.2, 0.25) is 5.02 Å². The maximum absolute atomic E-state index is 13.7. The van der Waals surface area contributed by atoms with E-state index in [2.05, 4.69) is 21.2 Å². The largest absolute Gasteiger partial charge is 0.350 e. The molecular weight excluding hydrogens is 524 g/mol. The summed E-state index contributed by atoms with van der Waals surface area (Å²) in [6.45, 7) is 6.17. The minimum absolute atomic E-state index is 0.0881. The molecule has 6 heteroatoms. The van der Waals surface area contributed by atoms with Crippen LogP contribution in [-0.2, 0) is 29.0 Å². The second-order valence-electron chi connectivity index (χ2n) is 9.69. The highest BCUT2D eigenvalue weighted by Crippen LogP contribution is 2.21. The van der Waals surface area contributed by atoms with Crippen LogP contribution in [0.5, 0.6) is 0 Å². The van der Waals surface area contributed by atoms with Crippen LogP contribution in [-0.4, -0.2) is 28.3 Å². The normalized spacial score (nSPS) is 12.1. The van der Waals surface area contributed by atoms with Crippen molar-refractivity contribution in [3.63, 3.8) is 0 Å². The molecule has 1 atom stereocenters. The molecule has 4 nitrogen and oxygen atoms in total. The van der Waals surface area contributed by atoms with Crippen molar-refractivity contribution >= 4 is 39.3 Å². The fourth-order valence-electron chi connectivity index (χ4n) is 3.93. The molecule has 3 rings (SSSR count). The number of nitrogens with zero attached hydrogens (tertiary/aromatic N) is 1. The number of hydrogen-bond acceptors (Lipinski definition) is 2. The number of rotatable bonds is 9. The van der Waals surface area contributed by atoms with Crippen molar-refractivity contribution in [1.82, 2.24) is 10.2 Å². The summed E-state index contributed by atoms with van der Waals surface area (Å²) in [7, 11) is 0. The maximum Gasteiger partial charge on any atom is 0.243 e. The zero-order chi connectivity index (χ0) is 25.4. The first-order chi connectivity index (χ1) is 16.6. The predicted octanol–water partition coefficient (Wildman–Crippen LogP) is 6.59. The van der Waals surface area contributed by atoms with E-state index in [-0.39, 0.29) is 18.2 Å². The Hall–Kier alpha value is -2.63. The van der Waals surface area contributed by atoms with E-state index in [4.69, 9.17) is 11.6 Å². The van der Waals surface area contributed by atoms with Gasteiger partial charge < -0.3 is 10.2 Å². The zero-order valence-electron chi connectivity index (χ0n) is 20.4. The summed E-state index contributed by atoms with van der Waals surface area (Å²) >= 11 is 9.85. The average molecular weight is 556 g/mol. The fraction of sp³-hybridized carbons (Fsp3) is 0.310. The van der Waals surface area contributed by atoms with Gasteiger partial charge in [-0.3, -0.25) is 9.59 Å². The molecule has 0 aromatic heterocycles. The minimum Gasteiger partial charge on any atom is -0.350 e. The fourth-order valence-corrected chi connectivity index (χ4v) is 4.60. The van der Waals surface area contributed by atoms with Crippen LogP contribution in [0.25, 0.3) is 0 Å². The van der Waals surface area contributed by atoms with Gasteiger partial charge in [-0.15, -0.1) is 0 Å². The van der Waals surface area contributed by atoms with Crippen LogP contribution in [0, 0.1) is 0 Å². The van der Waals surface area contributed by atoms with Crippen LogP contribution in [0.3, 0.4) is 0 Å². The maximum atomic E-state index is 13.7. The summed E-state index contributed by atoms with van der Waals surface area (Å²) in [4.78, 5) is 29.0. The van der Waals surface area contributed by atoms with Crippen molar-refractivity contribution < 1.29 is 9.59 Å².